The Hall–Kier alpha value is -1.93. The molecule has 2 saturated heterocycles. The minimum absolute atomic E-state index is 0.100. The highest BCUT2D eigenvalue weighted by Gasteiger charge is 2.37. The van der Waals surface area contributed by atoms with E-state index in [1.54, 1.807) is 0 Å². The number of benzene rings is 1. The summed E-state index contributed by atoms with van der Waals surface area (Å²) in [5, 5.41) is 20.2. The Balaban J connectivity index is 1.28. The number of alkyl halides is 2. The lowest BCUT2D eigenvalue weighted by Gasteiger charge is -2.49. The van der Waals surface area contributed by atoms with E-state index in [1.807, 2.05) is 6.92 Å². The molecule has 1 aliphatic carbocycles. The van der Waals surface area contributed by atoms with Gasteiger partial charge in [-0.1, -0.05) is 15.3 Å². The van der Waals surface area contributed by atoms with Crippen LogP contribution in [0.2, 0.25) is 0 Å². The lowest BCUT2D eigenvalue weighted by Crippen LogP contribution is -2.56. The van der Waals surface area contributed by atoms with E-state index in [9.17, 15) is 19.0 Å². The predicted octanol–water partition coefficient (Wildman–Crippen LogP) is 3.72. The van der Waals surface area contributed by atoms with Crippen LogP contribution in [0.1, 0.15) is 69.4 Å². The number of rotatable bonds is 6. The van der Waals surface area contributed by atoms with Crippen LogP contribution in [0.3, 0.4) is 0 Å². The number of hydrogen-bond acceptors (Lipinski definition) is 7. The summed E-state index contributed by atoms with van der Waals surface area (Å²) in [6.45, 7) is 7.18. The van der Waals surface area contributed by atoms with Crippen LogP contribution in [0.25, 0.3) is 5.70 Å². The third-order valence-electron chi connectivity index (χ3n) is 9.46. The molecule has 216 valence electrons. The molecule has 0 spiro atoms. The molecule has 2 atom stereocenters. The van der Waals surface area contributed by atoms with Gasteiger partial charge in [0.25, 0.3) is 5.66 Å². The molecule has 0 amide bonds. The Morgan fingerprint density at radius 1 is 1.00 bits per heavy atom. The maximum Gasteiger partial charge on any atom is 0.284 e. The summed E-state index contributed by atoms with van der Waals surface area (Å²) < 4.78 is 27.4. The summed E-state index contributed by atoms with van der Waals surface area (Å²) in [6.07, 6.45) is 8.13. The van der Waals surface area contributed by atoms with E-state index in [4.69, 9.17) is 11.5 Å². The van der Waals surface area contributed by atoms with Crippen molar-refractivity contribution >= 4 is 14.9 Å². The molecule has 1 aromatic carbocycles. The highest BCUT2D eigenvalue weighted by Crippen LogP contribution is 2.39. The summed E-state index contributed by atoms with van der Waals surface area (Å²) in [7, 11) is 1.49. The fraction of sp³-hybridized carbons (Fsp3) is 0.655. The van der Waals surface area contributed by atoms with Crippen LogP contribution >= 0.6 is 9.24 Å². The fourth-order valence-corrected chi connectivity index (χ4v) is 7.16. The van der Waals surface area contributed by atoms with Crippen molar-refractivity contribution in [3.8, 4) is 5.75 Å². The van der Waals surface area contributed by atoms with Crippen LogP contribution in [0.4, 0.5) is 8.78 Å². The number of phenols is 1. The van der Waals surface area contributed by atoms with Gasteiger partial charge in [-0.15, -0.1) is 0 Å². The smallest absolute Gasteiger partial charge is 0.284 e. The highest BCUT2D eigenvalue weighted by atomic mass is 31.0. The van der Waals surface area contributed by atoms with Gasteiger partial charge in [-0.2, -0.15) is 8.78 Å². The quantitative estimate of drug-likeness (QED) is 0.392. The van der Waals surface area contributed by atoms with E-state index >= 15 is 0 Å². The lowest BCUT2D eigenvalue weighted by atomic mass is 9.86. The molecule has 6 N–H and O–H groups in total. The minimum atomic E-state index is -3.12. The summed E-state index contributed by atoms with van der Waals surface area (Å²) in [4.78, 5) is 7.59. The van der Waals surface area contributed by atoms with Crippen LogP contribution in [-0.4, -0.2) is 81.9 Å². The second kappa shape index (κ2) is 11.5. The molecule has 0 bridgehead atoms. The Morgan fingerprint density at radius 3 is 2.36 bits per heavy atom. The zero-order valence-electron chi connectivity index (χ0n) is 23.0. The zero-order chi connectivity index (χ0) is 27.9. The Kier molecular flexibility index (Phi) is 8.44. The van der Waals surface area contributed by atoms with E-state index in [1.165, 1.54) is 34.2 Å². The molecule has 1 saturated carbocycles. The van der Waals surface area contributed by atoms with Crippen LogP contribution in [0, 0.1) is 0 Å². The molecule has 39 heavy (non-hydrogen) atoms. The van der Waals surface area contributed by atoms with E-state index in [0.717, 1.165) is 94.3 Å². The molecule has 0 radical (unpaired) electrons. The number of piperidine rings is 2. The van der Waals surface area contributed by atoms with Gasteiger partial charge in [0.2, 0.25) is 0 Å². The van der Waals surface area contributed by atoms with Crippen molar-refractivity contribution in [3.63, 3.8) is 0 Å². The average molecular weight is 564 g/mol. The van der Waals surface area contributed by atoms with Gasteiger partial charge < -0.3 is 31.5 Å². The van der Waals surface area contributed by atoms with Crippen molar-refractivity contribution in [2.75, 3.05) is 32.7 Å². The molecule has 7 nitrogen and oxygen atoms in total. The lowest BCUT2D eigenvalue weighted by molar-refractivity contribution is -0.0222. The Morgan fingerprint density at radius 2 is 1.72 bits per heavy atom. The minimum Gasteiger partial charge on any atom is -0.507 e. The fourth-order valence-electron chi connectivity index (χ4n) is 6.98. The summed E-state index contributed by atoms with van der Waals surface area (Å²) in [6, 6.07) is 5.34. The Labute approximate surface area is 233 Å². The maximum absolute atomic E-state index is 13.7. The average Bonchev–Trinajstić information content (AvgIpc) is 2.90. The number of nitrogens with zero attached hydrogens (tertiary/aromatic N) is 3. The number of aliphatic hydroxyl groups excluding tert-OH is 1. The zero-order valence-corrected chi connectivity index (χ0v) is 24.1. The molecule has 5 rings (SSSR count). The molecule has 3 heterocycles. The van der Waals surface area contributed by atoms with E-state index in [0.29, 0.717) is 29.4 Å². The van der Waals surface area contributed by atoms with Crippen LogP contribution < -0.4 is 11.5 Å². The number of nitrogens with two attached hydrogens (primary N) is 2. The van der Waals surface area contributed by atoms with E-state index < -0.39 is 5.66 Å². The number of hydrogen-bond donors (Lipinski definition) is 4. The molecule has 0 aromatic heterocycles. The van der Waals surface area contributed by atoms with Crippen molar-refractivity contribution in [1.29, 1.82) is 0 Å². The van der Waals surface area contributed by atoms with Gasteiger partial charge in [0.15, 0.2) is 0 Å². The van der Waals surface area contributed by atoms with Gasteiger partial charge in [-0.05, 0) is 101 Å². The molecule has 3 aliphatic heterocycles. The molecular formula is C29H44F2N5O2P. The number of aromatic hydroxyl groups is 1. The van der Waals surface area contributed by atoms with Gasteiger partial charge in [-0.25, -0.2) is 0 Å². The first kappa shape index (κ1) is 28.6. The van der Waals surface area contributed by atoms with Crippen LogP contribution in [0.5, 0.6) is 5.75 Å². The van der Waals surface area contributed by atoms with Gasteiger partial charge in [0.05, 0.1) is 6.10 Å². The van der Waals surface area contributed by atoms with Crippen molar-refractivity contribution in [2.45, 2.75) is 88.2 Å². The van der Waals surface area contributed by atoms with E-state index in [2.05, 4.69) is 14.7 Å². The van der Waals surface area contributed by atoms with Crippen molar-refractivity contribution in [1.82, 2.24) is 14.7 Å². The van der Waals surface area contributed by atoms with Gasteiger partial charge in [0, 0.05) is 48.0 Å². The normalized spacial score (nSPS) is 28.8. The topological polar surface area (TPSA) is 102 Å². The Bertz CT molecular complexity index is 1110. The van der Waals surface area contributed by atoms with Crippen LogP contribution in [0.15, 0.2) is 35.2 Å². The summed E-state index contributed by atoms with van der Waals surface area (Å²) in [5.41, 5.74) is 12.4. The third kappa shape index (κ3) is 6.07. The van der Waals surface area contributed by atoms with Crippen LogP contribution in [-0.2, 0) is 5.66 Å². The third-order valence-corrected chi connectivity index (χ3v) is 9.80. The number of likely N-dealkylation sites (tertiary alicyclic amines) is 2. The number of allylic oxidation sites excluding steroid dienone is 2. The van der Waals surface area contributed by atoms with Gasteiger partial charge in [-0.3, -0.25) is 4.90 Å². The molecule has 2 unspecified atom stereocenters. The van der Waals surface area contributed by atoms with Crippen molar-refractivity contribution in [2.24, 2.45) is 11.5 Å². The first-order valence-electron chi connectivity index (χ1n) is 14.4. The standard InChI is InChI=1S/C29H44F2N5O2P/c1-18(27(32)25-7-6-19(14-26(25)38)29(30,31)39)24-5-3-11-36(28(24)33)21-4-2-10-35(17-21)20-8-12-34(13-9-20)22-15-23(37)16-22/h6-7,14,20-23,37-38H,2-5,8-13,15-17,32-33,39H2,1H3/b27-18-. The predicted molar refractivity (Wildman–Crippen MR) is 154 cm³/mol. The van der Waals surface area contributed by atoms with Gasteiger partial charge in [0.1, 0.15) is 11.6 Å². The number of halogens is 2. The molecule has 1 aromatic rings. The van der Waals surface area contributed by atoms with Gasteiger partial charge >= 0.3 is 0 Å². The molecule has 3 fully saturated rings. The molecular weight excluding hydrogens is 519 g/mol. The first-order valence-corrected chi connectivity index (χ1v) is 15.0. The first-order chi connectivity index (χ1) is 18.5. The molecule has 4 aliphatic rings. The van der Waals surface area contributed by atoms with Crippen molar-refractivity contribution in [3.05, 3.63) is 46.3 Å². The SMILES string of the molecule is C/C(C1=C(N)N(C2CCCN(C3CCN(C4CC(O)C4)CC3)C2)CCC1)=C(/N)c1ccc(C(F)(F)P)cc1O. The monoisotopic (exact) mass is 563 g/mol. The largest absolute Gasteiger partial charge is 0.507 e. The highest BCUT2D eigenvalue weighted by molar-refractivity contribution is 7.17. The number of phenolic OH excluding ortho intramolecular Hbond substituents is 1. The second-order valence-electron chi connectivity index (χ2n) is 11.9. The summed E-state index contributed by atoms with van der Waals surface area (Å²) in [5.74, 6) is 0.486. The number of aliphatic hydroxyl groups is 1. The van der Waals surface area contributed by atoms with E-state index in [-0.39, 0.29) is 17.4 Å². The summed E-state index contributed by atoms with van der Waals surface area (Å²) >= 11 is 0. The maximum atomic E-state index is 13.7. The second-order valence-corrected chi connectivity index (χ2v) is 12.6. The van der Waals surface area contributed by atoms with Crippen molar-refractivity contribution < 1.29 is 19.0 Å². The molecule has 10 heteroatoms.